The lowest BCUT2D eigenvalue weighted by molar-refractivity contribution is -0.384. The molecular formula is C15H10F3N3O4. The van der Waals surface area contributed by atoms with Crippen molar-refractivity contribution in [3.05, 3.63) is 69.3 Å². The summed E-state index contributed by atoms with van der Waals surface area (Å²) in [6, 6.07) is 7.61. The minimum Gasteiger partial charge on any atom is -0.478 e. The molecule has 0 aliphatic rings. The van der Waals surface area contributed by atoms with Crippen molar-refractivity contribution < 1.29 is 28.0 Å². The second-order valence-electron chi connectivity index (χ2n) is 4.78. The lowest BCUT2D eigenvalue weighted by Gasteiger charge is -2.08. The number of nitrogens with zero attached hydrogens (tertiary/aromatic N) is 2. The number of carboxylic acids is 1. The number of carboxylic acid groups (broad SMARTS) is 1. The molecule has 2 aromatic carbocycles. The molecule has 0 heterocycles. The average molecular weight is 353 g/mol. The topological polar surface area (TPSA) is 105 Å². The van der Waals surface area contributed by atoms with Crippen LogP contribution in [0.15, 0.2) is 47.6 Å². The van der Waals surface area contributed by atoms with Crippen molar-refractivity contribution in [1.29, 1.82) is 0 Å². The third-order valence-corrected chi connectivity index (χ3v) is 3.08. The maximum Gasteiger partial charge on any atom is 0.416 e. The van der Waals surface area contributed by atoms with Crippen molar-refractivity contribution in [3.63, 3.8) is 0 Å². The molecule has 25 heavy (non-hydrogen) atoms. The van der Waals surface area contributed by atoms with Crippen LogP contribution in [0, 0.1) is 10.1 Å². The van der Waals surface area contributed by atoms with E-state index in [1.54, 1.807) is 0 Å². The van der Waals surface area contributed by atoms with Gasteiger partial charge in [0.25, 0.3) is 5.69 Å². The number of nitro benzene ring substituents is 1. The molecule has 0 fully saturated rings. The van der Waals surface area contributed by atoms with Crippen LogP contribution in [0.3, 0.4) is 0 Å². The maximum absolute atomic E-state index is 12.6. The molecule has 2 rings (SSSR count). The highest BCUT2D eigenvalue weighted by Gasteiger charge is 2.33. The van der Waals surface area contributed by atoms with E-state index >= 15 is 0 Å². The van der Waals surface area contributed by atoms with Gasteiger partial charge < -0.3 is 5.11 Å². The van der Waals surface area contributed by atoms with Gasteiger partial charge in [0.1, 0.15) is 5.69 Å². The van der Waals surface area contributed by atoms with Crippen LogP contribution in [-0.2, 0) is 6.18 Å². The summed E-state index contributed by atoms with van der Waals surface area (Å²) in [5.41, 5.74) is 0.746. The summed E-state index contributed by atoms with van der Waals surface area (Å²) in [7, 11) is 0. The minimum atomic E-state index is -4.70. The van der Waals surface area contributed by atoms with E-state index in [2.05, 4.69) is 10.5 Å². The smallest absolute Gasteiger partial charge is 0.416 e. The van der Waals surface area contributed by atoms with Gasteiger partial charge in [0.2, 0.25) is 0 Å². The number of halogens is 3. The molecule has 130 valence electrons. The highest BCUT2D eigenvalue weighted by atomic mass is 19.4. The van der Waals surface area contributed by atoms with Gasteiger partial charge in [0, 0.05) is 6.07 Å². The first-order valence-corrected chi connectivity index (χ1v) is 6.66. The highest BCUT2D eigenvalue weighted by molar-refractivity contribution is 5.89. The number of anilines is 1. The van der Waals surface area contributed by atoms with Crippen molar-refractivity contribution in [2.45, 2.75) is 6.18 Å². The highest BCUT2D eigenvalue weighted by Crippen LogP contribution is 2.34. The molecule has 7 nitrogen and oxygen atoms in total. The fourth-order valence-corrected chi connectivity index (χ4v) is 1.84. The molecule has 10 heteroatoms. The van der Waals surface area contributed by atoms with Crippen molar-refractivity contribution in [1.82, 2.24) is 0 Å². The lowest BCUT2D eigenvalue weighted by atomic mass is 10.1. The van der Waals surface area contributed by atoms with Gasteiger partial charge in [-0.2, -0.15) is 18.3 Å². The molecule has 0 unspecified atom stereocenters. The number of nitrogens with one attached hydrogen (secondary N) is 1. The van der Waals surface area contributed by atoms with Crippen LogP contribution < -0.4 is 5.43 Å². The zero-order valence-electron chi connectivity index (χ0n) is 12.3. The third kappa shape index (κ3) is 4.53. The minimum absolute atomic E-state index is 0.0727. The number of aromatic carboxylic acids is 1. The quantitative estimate of drug-likeness (QED) is 0.484. The van der Waals surface area contributed by atoms with Gasteiger partial charge >= 0.3 is 12.1 Å². The largest absolute Gasteiger partial charge is 0.478 e. The summed E-state index contributed by atoms with van der Waals surface area (Å²) in [5, 5.41) is 23.4. The van der Waals surface area contributed by atoms with Crippen LogP contribution in [0.5, 0.6) is 0 Å². The van der Waals surface area contributed by atoms with Crippen LogP contribution in [0.2, 0.25) is 0 Å². The van der Waals surface area contributed by atoms with Gasteiger partial charge in [-0.25, -0.2) is 4.79 Å². The molecule has 0 saturated carbocycles. The number of rotatable bonds is 5. The maximum atomic E-state index is 12.6. The summed E-state index contributed by atoms with van der Waals surface area (Å²) in [5.74, 6) is -1.10. The van der Waals surface area contributed by atoms with Gasteiger partial charge in [0.05, 0.1) is 22.3 Å². The normalized spacial score (nSPS) is 11.5. The van der Waals surface area contributed by atoms with E-state index in [1.807, 2.05) is 0 Å². The summed E-state index contributed by atoms with van der Waals surface area (Å²) in [6.07, 6.45) is -3.45. The SMILES string of the molecule is O=C(O)c1ccc(/C=N\Nc2ccc(C(F)(F)F)cc2[N+](=O)[O-])cc1. The first-order valence-electron chi connectivity index (χ1n) is 6.66. The summed E-state index contributed by atoms with van der Waals surface area (Å²) < 4.78 is 37.8. The van der Waals surface area contributed by atoms with Crippen LogP contribution in [0.4, 0.5) is 24.5 Å². The Bertz CT molecular complexity index is 833. The first-order chi connectivity index (χ1) is 11.7. The van der Waals surface area contributed by atoms with E-state index in [1.165, 1.54) is 30.5 Å². The molecule has 0 spiro atoms. The van der Waals surface area contributed by atoms with Crippen LogP contribution in [0.25, 0.3) is 0 Å². The number of benzene rings is 2. The summed E-state index contributed by atoms with van der Waals surface area (Å²) in [4.78, 5) is 20.7. The Morgan fingerprint density at radius 1 is 1.20 bits per heavy atom. The molecule has 0 radical (unpaired) electrons. The zero-order chi connectivity index (χ0) is 18.6. The van der Waals surface area contributed by atoms with E-state index in [0.717, 1.165) is 6.07 Å². The third-order valence-electron chi connectivity index (χ3n) is 3.08. The Labute approximate surface area is 138 Å². The monoisotopic (exact) mass is 353 g/mol. The van der Waals surface area contributed by atoms with Crippen LogP contribution >= 0.6 is 0 Å². The number of hydrazone groups is 1. The fraction of sp³-hybridized carbons (Fsp3) is 0.0667. The molecule has 2 N–H and O–H groups in total. The van der Waals surface area contributed by atoms with E-state index < -0.39 is 28.3 Å². The standard InChI is InChI=1S/C15H10F3N3O4/c16-15(17,18)11-5-6-12(13(7-11)21(24)25)20-19-8-9-1-3-10(4-2-9)14(22)23/h1-8,20H,(H,22,23)/b19-8-. The van der Waals surface area contributed by atoms with E-state index in [4.69, 9.17) is 5.11 Å². The molecule has 2 aromatic rings. The van der Waals surface area contributed by atoms with Crippen molar-refractivity contribution >= 4 is 23.6 Å². The molecule has 0 aromatic heterocycles. The van der Waals surface area contributed by atoms with E-state index in [9.17, 15) is 28.1 Å². The van der Waals surface area contributed by atoms with Crippen molar-refractivity contribution in [2.75, 3.05) is 5.43 Å². The van der Waals surface area contributed by atoms with Gasteiger partial charge in [0.15, 0.2) is 0 Å². The molecular weight excluding hydrogens is 343 g/mol. The predicted molar refractivity (Wildman–Crippen MR) is 82.7 cm³/mol. The molecule has 0 atom stereocenters. The van der Waals surface area contributed by atoms with Crippen molar-refractivity contribution in [2.24, 2.45) is 5.10 Å². The van der Waals surface area contributed by atoms with E-state index in [0.29, 0.717) is 17.7 Å². The second-order valence-corrected chi connectivity index (χ2v) is 4.78. The fourth-order valence-electron chi connectivity index (χ4n) is 1.84. The number of carbonyl (C=O) groups is 1. The molecule has 0 aliphatic carbocycles. The van der Waals surface area contributed by atoms with E-state index in [-0.39, 0.29) is 11.3 Å². The lowest BCUT2D eigenvalue weighted by Crippen LogP contribution is -2.06. The van der Waals surface area contributed by atoms with Crippen molar-refractivity contribution in [3.8, 4) is 0 Å². The Hall–Kier alpha value is -3.43. The second kappa shape index (κ2) is 6.99. The number of hydrogen-bond acceptors (Lipinski definition) is 5. The van der Waals surface area contributed by atoms with Gasteiger partial charge in [-0.15, -0.1) is 0 Å². The Balaban J connectivity index is 2.19. The number of alkyl halides is 3. The number of nitro groups is 1. The van der Waals surface area contributed by atoms with Crippen LogP contribution in [0.1, 0.15) is 21.5 Å². The number of hydrogen-bond donors (Lipinski definition) is 2. The molecule has 0 amide bonds. The van der Waals surface area contributed by atoms with Gasteiger partial charge in [-0.1, -0.05) is 12.1 Å². The first kappa shape index (κ1) is 17.9. The van der Waals surface area contributed by atoms with Gasteiger partial charge in [-0.3, -0.25) is 15.5 Å². The summed E-state index contributed by atoms with van der Waals surface area (Å²) in [6.45, 7) is 0. The van der Waals surface area contributed by atoms with Crippen LogP contribution in [-0.4, -0.2) is 22.2 Å². The summed E-state index contributed by atoms with van der Waals surface area (Å²) >= 11 is 0. The molecule has 0 saturated heterocycles. The Morgan fingerprint density at radius 2 is 1.84 bits per heavy atom. The zero-order valence-corrected chi connectivity index (χ0v) is 12.3. The van der Waals surface area contributed by atoms with Gasteiger partial charge in [-0.05, 0) is 29.8 Å². The average Bonchev–Trinajstić information content (AvgIpc) is 2.54. The molecule has 0 aliphatic heterocycles. The Morgan fingerprint density at radius 3 is 2.36 bits per heavy atom. The molecule has 0 bridgehead atoms. The predicted octanol–water partition coefficient (Wildman–Crippen LogP) is 3.76. The Kier molecular flexibility index (Phi) is 5.01.